The molecule has 1 aromatic heterocycles. The number of benzene rings is 2. The van der Waals surface area contributed by atoms with E-state index in [0.29, 0.717) is 11.6 Å². The zero-order chi connectivity index (χ0) is 17.7. The molecular formula is C22H20N2O2. The Kier molecular flexibility index (Phi) is 3.38. The number of nitrogens with zero attached hydrogens (tertiary/aromatic N) is 1. The van der Waals surface area contributed by atoms with Crippen LogP contribution in [0.25, 0.3) is 0 Å². The summed E-state index contributed by atoms with van der Waals surface area (Å²) in [6.45, 7) is 0. The highest BCUT2D eigenvalue weighted by molar-refractivity contribution is 5.70. The molecule has 1 aliphatic carbocycles. The Morgan fingerprint density at radius 1 is 0.962 bits per heavy atom. The predicted octanol–water partition coefficient (Wildman–Crippen LogP) is 4.53. The van der Waals surface area contributed by atoms with Gasteiger partial charge in [-0.15, -0.1) is 0 Å². The number of aromatic nitrogens is 1. The molecule has 5 rings (SSSR count). The minimum Gasteiger partial charge on any atom is -0.507 e. The van der Waals surface area contributed by atoms with Crippen molar-refractivity contribution in [3.8, 4) is 17.4 Å². The summed E-state index contributed by atoms with van der Waals surface area (Å²) in [4.78, 5) is 4.84. The van der Waals surface area contributed by atoms with Crippen LogP contribution in [0, 0.1) is 0 Å². The van der Waals surface area contributed by atoms with E-state index in [9.17, 15) is 5.11 Å². The molecule has 0 radical (unpaired) electrons. The van der Waals surface area contributed by atoms with E-state index in [1.807, 2.05) is 24.3 Å². The van der Waals surface area contributed by atoms with Crippen LogP contribution in [0.3, 0.4) is 0 Å². The highest BCUT2D eigenvalue weighted by Gasteiger charge is 2.35. The summed E-state index contributed by atoms with van der Waals surface area (Å²) in [5, 5.41) is 10.6. The quantitative estimate of drug-likeness (QED) is 0.532. The molecular weight excluding hydrogens is 324 g/mol. The summed E-state index contributed by atoms with van der Waals surface area (Å²) < 4.78 is 6.11. The molecule has 0 saturated carbocycles. The summed E-state index contributed by atoms with van der Waals surface area (Å²) >= 11 is 0. The van der Waals surface area contributed by atoms with Gasteiger partial charge in [-0.2, -0.15) is 0 Å². The summed E-state index contributed by atoms with van der Waals surface area (Å²) in [5.74, 6) is 1.26. The van der Waals surface area contributed by atoms with Crippen LogP contribution in [0.15, 0.2) is 48.5 Å². The lowest BCUT2D eigenvalue weighted by Gasteiger charge is -2.32. The van der Waals surface area contributed by atoms with Gasteiger partial charge in [-0.3, -0.25) is 0 Å². The maximum atomic E-state index is 10.6. The van der Waals surface area contributed by atoms with Gasteiger partial charge in [0, 0.05) is 22.9 Å². The number of anilines is 1. The Morgan fingerprint density at radius 3 is 2.62 bits per heavy atom. The minimum absolute atomic E-state index is 0.184. The van der Waals surface area contributed by atoms with E-state index in [0.717, 1.165) is 59.3 Å². The van der Waals surface area contributed by atoms with Crippen LogP contribution in [0.2, 0.25) is 0 Å². The molecule has 2 aliphatic rings. The molecule has 0 amide bonds. The van der Waals surface area contributed by atoms with Crippen LogP contribution < -0.4 is 10.5 Å². The lowest BCUT2D eigenvalue weighted by molar-refractivity contribution is 0.411. The Hall–Kier alpha value is -3.01. The Bertz CT molecular complexity index is 999. The molecule has 3 aromatic rings. The fourth-order valence-electron chi connectivity index (χ4n) is 4.26. The Labute approximate surface area is 152 Å². The lowest BCUT2D eigenvalue weighted by atomic mass is 9.80. The Balaban J connectivity index is 1.82. The first kappa shape index (κ1) is 15.3. The zero-order valence-corrected chi connectivity index (χ0v) is 14.4. The number of phenols is 1. The number of ether oxygens (including phenoxy) is 1. The number of nitrogens with two attached hydrogens (primary N) is 1. The van der Waals surface area contributed by atoms with Crippen LogP contribution in [0.4, 0.5) is 5.69 Å². The van der Waals surface area contributed by atoms with Crippen molar-refractivity contribution in [3.63, 3.8) is 0 Å². The van der Waals surface area contributed by atoms with Crippen LogP contribution in [-0.2, 0) is 12.8 Å². The van der Waals surface area contributed by atoms with Crippen LogP contribution in [0.5, 0.6) is 17.4 Å². The third-order valence-electron chi connectivity index (χ3n) is 5.48. The SMILES string of the molecule is Nc1c2c(nc3c1C(c1ccccc1)c1c(O)cccc1O3)CCCC2. The molecule has 0 saturated heterocycles. The highest BCUT2D eigenvalue weighted by Crippen LogP contribution is 2.52. The average molecular weight is 344 g/mol. The summed E-state index contributed by atoms with van der Waals surface area (Å²) in [7, 11) is 0. The lowest BCUT2D eigenvalue weighted by Crippen LogP contribution is -2.19. The third-order valence-corrected chi connectivity index (χ3v) is 5.48. The van der Waals surface area contributed by atoms with Gasteiger partial charge in [0.25, 0.3) is 0 Å². The van der Waals surface area contributed by atoms with E-state index in [1.54, 1.807) is 12.1 Å². The number of pyridine rings is 1. The van der Waals surface area contributed by atoms with Gasteiger partial charge in [0.2, 0.25) is 5.88 Å². The second-order valence-electron chi connectivity index (χ2n) is 7.01. The van der Waals surface area contributed by atoms with Crippen molar-refractivity contribution in [2.24, 2.45) is 0 Å². The highest BCUT2D eigenvalue weighted by atomic mass is 16.5. The molecule has 3 N–H and O–H groups in total. The van der Waals surface area contributed by atoms with Crippen LogP contribution in [-0.4, -0.2) is 10.1 Å². The molecule has 26 heavy (non-hydrogen) atoms. The number of hydrogen-bond donors (Lipinski definition) is 2. The first-order chi connectivity index (χ1) is 12.7. The van der Waals surface area contributed by atoms with Crippen LogP contribution in [0.1, 0.15) is 46.7 Å². The fraction of sp³-hybridized carbons (Fsp3) is 0.227. The summed E-state index contributed by atoms with van der Waals surface area (Å²) in [6, 6.07) is 15.5. The molecule has 4 nitrogen and oxygen atoms in total. The fourth-order valence-corrected chi connectivity index (χ4v) is 4.26. The van der Waals surface area contributed by atoms with Crippen molar-refractivity contribution in [1.82, 2.24) is 4.98 Å². The van der Waals surface area contributed by atoms with Crippen molar-refractivity contribution < 1.29 is 9.84 Å². The predicted molar refractivity (Wildman–Crippen MR) is 101 cm³/mol. The molecule has 1 atom stereocenters. The van der Waals surface area contributed by atoms with Gasteiger partial charge >= 0.3 is 0 Å². The van der Waals surface area contributed by atoms with E-state index in [2.05, 4.69) is 12.1 Å². The third kappa shape index (κ3) is 2.18. The van der Waals surface area contributed by atoms with Gasteiger partial charge in [0.05, 0.1) is 5.56 Å². The van der Waals surface area contributed by atoms with E-state index in [-0.39, 0.29) is 11.7 Å². The van der Waals surface area contributed by atoms with Gasteiger partial charge in [-0.1, -0.05) is 36.4 Å². The van der Waals surface area contributed by atoms with Gasteiger partial charge in [0.1, 0.15) is 11.5 Å². The Morgan fingerprint density at radius 2 is 1.77 bits per heavy atom. The van der Waals surface area contributed by atoms with Crippen molar-refractivity contribution in [2.45, 2.75) is 31.6 Å². The van der Waals surface area contributed by atoms with E-state index in [1.165, 1.54) is 0 Å². The smallest absolute Gasteiger partial charge is 0.225 e. The van der Waals surface area contributed by atoms with Gasteiger partial charge in [0.15, 0.2) is 0 Å². The zero-order valence-electron chi connectivity index (χ0n) is 14.4. The minimum atomic E-state index is -0.184. The largest absolute Gasteiger partial charge is 0.507 e. The molecule has 1 aliphatic heterocycles. The standard InChI is InChI=1S/C22H20N2O2/c23-21-14-9-4-5-10-15(14)24-22-20(21)18(13-7-2-1-3-8-13)19-16(25)11-6-12-17(19)26-22/h1-3,6-8,11-12,18,25H,4-5,9-10H2,(H2,23,24). The van der Waals surface area contributed by atoms with Crippen molar-refractivity contribution in [2.75, 3.05) is 5.73 Å². The second-order valence-corrected chi connectivity index (χ2v) is 7.01. The van der Waals surface area contributed by atoms with E-state index < -0.39 is 0 Å². The van der Waals surface area contributed by atoms with Crippen molar-refractivity contribution in [1.29, 1.82) is 0 Å². The van der Waals surface area contributed by atoms with Crippen molar-refractivity contribution in [3.05, 3.63) is 76.5 Å². The number of aryl methyl sites for hydroxylation is 1. The number of nitrogen functional groups attached to an aromatic ring is 1. The molecule has 2 aromatic carbocycles. The molecule has 0 spiro atoms. The second kappa shape index (κ2) is 5.77. The topological polar surface area (TPSA) is 68.4 Å². The first-order valence-electron chi connectivity index (χ1n) is 9.10. The monoisotopic (exact) mass is 344 g/mol. The maximum Gasteiger partial charge on any atom is 0.225 e. The maximum absolute atomic E-state index is 10.6. The number of rotatable bonds is 1. The molecule has 130 valence electrons. The number of hydrogen-bond acceptors (Lipinski definition) is 4. The van der Waals surface area contributed by atoms with E-state index in [4.69, 9.17) is 15.5 Å². The average Bonchev–Trinajstić information content (AvgIpc) is 2.67. The summed E-state index contributed by atoms with van der Waals surface area (Å²) in [5.41, 5.74) is 12.4. The molecule has 1 unspecified atom stereocenters. The number of phenolic OH excluding ortho intramolecular Hbond substituents is 1. The normalized spacial score (nSPS) is 17.6. The molecule has 0 bridgehead atoms. The molecule has 4 heteroatoms. The molecule has 2 heterocycles. The van der Waals surface area contributed by atoms with Gasteiger partial charge in [-0.05, 0) is 48.9 Å². The summed E-state index contributed by atoms with van der Waals surface area (Å²) in [6.07, 6.45) is 4.17. The molecule has 0 fully saturated rings. The number of aromatic hydroxyl groups is 1. The van der Waals surface area contributed by atoms with E-state index >= 15 is 0 Å². The van der Waals surface area contributed by atoms with Gasteiger partial charge in [-0.25, -0.2) is 4.98 Å². The van der Waals surface area contributed by atoms with Gasteiger partial charge < -0.3 is 15.6 Å². The number of fused-ring (bicyclic) bond motifs is 3. The first-order valence-corrected chi connectivity index (χ1v) is 9.10. The van der Waals surface area contributed by atoms with Crippen LogP contribution >= 0.6 is 0 Å². The van der Waals surface area contributed by atoms with Crippen molar-refractivity contribution >= 4 is 5.69 Å².